The summed E-state index contributed by atoms with van der Waals surface area (Å²) in [6.45, 7) is 9.62. The third kappa shape index (κ3) is 2.90. The number of fused-ring (bicyclic) bond motifs is 1. The van der Waals surface area contributed by atoms with Gasteiger partial charge in [0.15, 0.2) is 5.65 Å². The molecule has 1 amide bonds. The molecule has 6 nitrogen and oxygen atoms in total. The van der Waals surface area contributed by atoms with Crippen molar-refractivity contribution >= 4 is 28.7 Å². The Morgan fingerprint density at radius 2 is 2.05 bits per heavy atom. The van der Waals surface area contributed by atoms with Crippen LogP contribution in [0.15, 0.2) is 0 Å². The number of carbonyl (C=O) groups is 1. The third-order valence-electron chi connectivity index (χ3n) is 3.29. The zero-order valence-electron chi connectivity index (χ0n) is 13.4. The van der Waals surface area contributed by atoms with Gasteiger partial charge in [-0.2, -0.15) is 5.10 Å². The molecule has 0 aliphatic carbocycles. The second-order valence-electron chi connectivity index (χ2n) is 6.33. The number of hydrogen-bond donors (Lipinski definition) is 1. The summed E-state index contributed by atoms with van der Waals surface area (Å²) < 4.78 is 3.61. The van der Waals surface area contributed by atoms with Crippen LogP contribution in [-0.2, 0) is 17.7 Å². The van der Waals surface area contributed by atoms with E-state index >= 15 is 0 Å². The molecule has 0 aliphatic heterocycles. The molecule has 0 aromatic carbocycles. The van der Waals surface area contributed by atoms with Gasteiger partial charge in [-0.05, 0) is 34.6 Å². The molecule has 0 bridgehead atoms. The predicted octanol–water partition coefficient (Wildman–Crippen LogP) is 2.29. The molecule has 21 heavy (non-hydrogen) atoms. The van der Waals surface area contributed by atoms with E-state index in [1.807, 2.05) is 46.2 Å². The summed E-state index contributed by atoms with van der Waals surface area (Å²) in [5.41, 5.74) is 2.17. The number of amides is 1. The molecular weight excluding hydrogens is 290 g/mol. The van der Waals surface area contributed by atoms with Crippen LogP contribution in [0.4, 0.5) is 0 Å². The highest BCUT2D eigenvalue weighted by molar-refractivity contribution is 6.16. The minimum absolute atomic E-state index is 0.0629. The van der Waals surface area contributed by atoms with E-state index in [0.29, 0.717) is 5.82 Å². The SMILES string of the molecule is Cc1nn(C)c2c1nc(CCl)n2C(C)C(=O)NC(C)(C)C. The number of hydrogen-bond acceptors (Lipinski definition) is 3. The summed E-state index contributed by atoms with van der Waals surface area (Å²) in [5, 5.41) is 7.35. The van der Waals surface area contributed by atoms with Crippen LogP contribution in [0.1, 0.15) is 45.3 Å². The van der Waals surface area contributed by atoms with Crippen LogP contribution < -0.4 is 5.32 Å². The molecule has 2 aromatic heterocycles. The number of rotatable bonds is 3. The Balaban J connectivity index is 2.51. The van der Waals surface area contributed by atoms with Crippen LogP contribution in [0, 0.1) is 6.92 Å². The molecule has 0 saturated carbocycles. The number of nitrogens with one attached hydrogen (secondary N) is 1. The smallest absolute Gasteiger partial charge is 0.243 e. The monoisotopic (exact) mass is 311 g/mol. The van der Waals surface area contributed by atoms with Crippen LogP contribution in [-0.4, -0.2) is 30.8 Å². The lowest BCUT2D eigenvalue weighted by atomic mass is 10.1. The van der Waals surface area contributed by atoms with E-state index in [0.717, 1.165) is 16.9 Å². The van der Waals surface area contributed by atoms with Crippen molar-refractivity contribution in [2.24, 2.45) is 7.05 Å². The van der Waals surface area contributed by atoms with Gasteiger partial charge in [-0.3, -0.25) is 14.0 Å². The van der Waals surface area contributed by atoms with E-state index in [4.69, 9.17) is 11.6 Å². The van der Waals surface area contributed by atoms with E-state index in [1.165, 1.54) is 0 Å². The zero-order valence-corrected chi connectivity index (χ0v) is 14.1. The van der Waals surface area contributed by atoms with Crippen molar-refractivity contribution in [3.05, 3.63) is 11.5 Å². The molecule has 2 rings (SSSR count). The predicted molar refractivity (Wildman–Crippen MR) is 83.4 cm³/mol. The van der Waals surface area contributed by atoms with Gasteiger partial charge in [0, 0.05) is 12.6 Å². The molecular formula is C14H22ClN5O. The van der Waals surface area contributed by atoms with Gasteiger partial charge < -0.3 is 5.32 Å². The Labute approximate surface area is 129 Å². The van der Waals surface area contributed by atoms with Crippen LogP contribution >= 0.6 is 11.6 Å². The summed E-state index contributed by atoms with van der Waals surface area (Å²) in [6.07, 6.45) is 0. The van der Waals surface area contributed by atoms with E-state index < -0.39 is 6.04 Å². The number of aryl methyl sites for hydroxylation is 2. The van der Waals surface area contributed by atoms with Gasteiger partial charge in [-0.15, -0.1) is 11.6 Å². The molecule has 7 heteroatoms. The summed E-state index contributed by atoms with van der Waals surface area (Å²) >= 11 is 6.00. The van der Waals surface area contributed by atoms with E-state index in [2.05, 4.69) is 15.4 Å². The first-order valence-corrected chi connectivity index (χ1v) is 7.47. The fourth-order valence-electron chi connectivity index (χ4n) is 2.43. The lowest BCUT2D eigenvalue weighted by molar-refractivity contribution is -0.125. The van der Waals surface area contributed by atoms with Gasteiger partial charge in [-0.25, -0.2) is 4.98 Å². The Bertz CT molecular complexity index is 680. The molecule has 0 fully saturated rings. The molecule has 0 spiro atoms. The summed E-state index contributed by atoms with van der Waals surface area (Å²) in [6, 6.07) is -0.405. The first-order chi connectivity index (χ1) is 9.65. The molecule has 116 valence electrons. The molecule has 1 N–H and O–H groups in total. The Hall–Kier alpha value is -1.56. The fraction of sp³-hybridized carbons (Fsp3) is 0.643. The van der Waals surface area contributed by atoms with Crippen molar-refractivity contribution in [2.45, 2.75) is 52.1 Å². The third-order valence-corrected chi connectivity index (χ3v) is 3.53. The highest BCUT2D eigenvalue weighted by Gasteiger charge is 2.26. The highest BCUT2D eigenvalue weighted by atomic mass is 35.5. The maximum Gasteiger partial charge on any atom is 0.243 e. The molecule has 0 saturated heterocycles. The number of carbonyl (C=O) groups excluding carboxylic acids is 1. The summed E-state index contributed by atoms with van der Waals surface area (Å²) in [7, 11) is 1.85. The zero-order chi connectivity index (χ0) is 15.9. The van der Waals surface area contributed by atoms with Crippen molar-refractivity contribution < 1.29 is 4.79 Å². The van der Waals surface area contributed by atoms with Gasteiger partial charge in [0.2, 0.25) is 5.91 Å². The van der Waals surface area contributed by atoms with Crippen LogP contribution in [0.25, 0.3) is 11.2 Å². The van der Waals surface area contributed by atoms with Crippen molar-refractivity contribution in [1.29, 1.82) is 0 Å². The van der Waals surface area contributed by atoms with Crippen LogP contribution in [0.2, 0.25) is 0 Å². The molecule has 1 atom stereocenters. The van der Waals surface area contributed by atoms with Crippen molar-refractivity contribution in [1.82, 2.24) is 24.6 Å². The highest BCUT2D eigenvalue weighted by Crippen LogP contribution is 2.24. The lowest BCUT2D eigenvalue weighted by Gasteiger charge is -2.24. The van der Waals surface area contributed by atoms with Crippen molar-refractivity contribution in [3.63, 3.8) is 0 Å². The Morgan fingerprint density at radius 3 is 2.57 bits per heavy atom. The first kappa shape index (κ1) is 15.8. The fourth-order valence-corrected chi connectivity index (χ4v) is 2.62. The second kappa shape index (κ2) is 5.33. The maximum absolute atomic E-state index is 12.5. The second-order valence-corrected chi connectivity index (χ2v) is 6.60. The quantitative estimate of drug-likeness (QED) is 0.885. The van der Waals surface area contributed by atoms with Crippen LogP contribution in [0.5, 0.6) is 0 Å². The molecule has 2 heterocycles. The summed E-state index contributed by atoms with van der Waals surface area (Å²) in [5.74, 6) is 0.868. The largest absolute Gasteiger partial charge is 0.350 e. The number of alkyl halides is 1. The van der Waals surface area contributed by atoms with E-state index in [-0.39, 0.29) is 17.3 Å². The Morgan fingerprint density at radius 1 is 1.43 bits per heavy atom. The number of halogens is 1. The molecule has 1 unspecified atom stereocenters. The standard InChI is InChI=1S/C14H22ClN5O/c1-8-11-13(19(6)18-8)20(10(7-15)16-11)9(2)12(21)17-14(3,4)5/h9H,7H2,1-6H3,(H,17,21). The van der Waals surface area contributed by atoms with Crippen molar-refractivity contribution in [2.75, 3.05) is 0 Å². The van der Waals surface area contributed by atoms with Gasteiger partial charge in [0.25, 0.3) is 0 Å². The average molecular weight is 312 g/mol. The number of aromatic nitrogens is 4. The molecule has 0 radical (unpaired) electrons. The number of imidazole rings is 1. The topological polar surface area (TPSA) is 64.7 Å². The van der Waals surface area contributed by atoms with Gasteiger partial charge in [0.05, 0.1) is 11.6 Å². The van der Waals surface area contributed by atoms with Crippen molar-refractivity contribution in [3.8, 4) is 0 Å². The normalized spacial score (nSPS) is 13.7. The summed E-state index contributed by atoms with van der Waals surface area (Å²) in [4.78, 5) is 17.0. The molecule has 0 aliphatic rings. The van der Waals surface area contributed by atoms with Crippen LogP contribution in [0.3, 0.4) is 0 Å². The van der Waals surface area contributed by atoms with E-state index in [1.54, 1.807) is 4.68 Å². The minimum Gasteiger partial charge on any atom is -0.350 e. The number of nitrogens with zero attached hydrogens (tertiary/aromatic N) is 4. The van der Waals surface area contributed by atoms with Gasteiger partial charge in [-0.1, -0.05) is 0 Å². The lowest BCUT2D eigenvalue weighted by Crippen LogP contribution is -2.44. The maximum atomic E-state index is 12.5. The first-order valence-electron chi connectivity index (χ1n) is 6.94. The van der Waals surface area contributed by atoms with Gasteiger partial charge >= 0.3 is 0 Å². The average Bonchev–Trinajstić information content (AvgIpc) is 2.85. The minimum atomic E-state index is -0.405. The Kier molecular flexibility index (Phi) is 4.02. The van der Waals surface area contributed by atoms with Gasteiger partial charge in [0.1, 0.15) is 17.4 Å². The molecule has 2 aromatic rings. The van der Waals surface area contributed by atoms with E-state index in [9.17, 15) is 4.79 Å².